The lowest BCUT2D eigenvalue weighted by Crippen LogP contribution is -2.41. The summed E-state index contributed by atoms with van der Waals surface area (Å²) in [5, 5.41) is 11.8. The quantitative estimate of drug-likeness (QED) is 0.818. The largest absolute Gasteiger partial charge is 0.410 e. The molecular formula is C20H27F3N6O. The molecule has 1 fully saturated rings. The molecule has 2 aliphatic heterocycles. The lowest BCUT2D eigenvalue weighted by atomic mass is 9.93. The number of likely N-dealkylation sites (tertiary alicyclic amines) is 1. The van der Waals surface area contributed by atoms with Crippen molar-refractivity contribution in [1.82, 2.24) is 24.5 Å². The van der Waals surface area contributed by atoms with E-state index in [1.165, 1.54) is 0 Å². The van der Waals surface area contributed by atoms with Gasteiger partial charge in [0.25, 0.3) is 5.91 Å². The van der Waals surface area contributed by atoms with Crippen LogP contribution in [0.25, 0.3) is 0 Å². The highest BCUT2D eigenvalue weighted by Gasteiger charge is 2.47. The summed E-state index contributed by atoms with van der Waals surface area (Å²) < 4.78 is 43.7. The molecule has 164 valence electrons. The second-order valence-corrected chi connectivity index (χ2v) is 8.63. The number of nitrogens with zero attached hydrogens (tertiary/aromatic N) is 5. The van der Waals surface area contributed by atoms with Crippen LogP contribution in [0.5, 0.6) is 0 Å². The van der Waals surface area contributed by atoms with Gasteiger partial charge in [-0.05, 0) is 31.2 Å². The van der Waals surface area contributed by atoms with E-state index >= 15 is 0 Å². The lowest BCUT2D eigenvalue weighted by molar-refractivity contribution is -0.174. The molecule has 0 bridgehead atoms. The molecule has 2 aromatic heterocycles. The van der Waals surface area contributed by atoms with Crippen LogP contribution in [0.1, 0.15) is 61.3 Å². The lowest BCUT2D eigenvalue weighted by Gasteiger charge is -2.35. The minimum atomic E-state index is -4.34. The number of hydrogen-bond acceptors (Lipinski definition) is 4. The van der Waals surface area contributed by atoms with Crippen LogP contribution in [0.4, 0.5) is 19.0 Å². The van der Waals surface area contributed by atoms with Gasteiger partial charge < -0.3 is 10.2 Å². The van der Waals surface area contributed by atoms with Crippen LogP contribution < -0.4 is 5.32 Å². The van der Waals surface area contributed by atoms with Gasteiger partial charge in [-0.3, -0.25) is 9.48 Å². The van der Waals surface area contributed by atoms with E-state index in [1.807, 2.05) is 13.8 Å². The molecule has 2 aromatic rings. The fourth-order valence-electron chi connectivity index (χ4n) is 4.33. The van der Waals surface area contributed by atoms with Crippen LogP contribution >= 0.6 is 0 Å². The van der Waals surface area contributed by atoms with Gasteiger partial charge >= 0.3 is 6.18 Å². The summed E-state index contributed by atoms with van der Waals surface area (Å²) in [6.07, 6.45) is -1.30. The van der Waals surface area contributed by atoms with Crippen LogP contribution in [-0.4, -0.2) is 55.7 Å². The zero-order chi connectivity index (χ0) is 21.6. The Labute approximate surface area is 173 Å². The molecule has 7 nitrogen and oxygen atoms in total. The maximum atomic E-state index is 13.7. The molecule has 2 aliphatic rings. The Kier molecular flexibility index (Phi) is 5.27. The standard InChI is InChI=1S/C20H27F3N6O/c1-12(2)15-10-17(20(21,22)23)29-18(24-15)11-16(26-29)13-4-8-28(9-5-13)19(30)14-6-7-27(3)25-14/h6-7,11-13,15,17,24H,4-5,8-10H2,1-3H3/t15-,17+/m0/s1. The van der Waals surface area contributed by atoms with E-state index < -0.39 is 12.2 Å². The summed E-state index contributed by atoms with van der Waals surface area (Å²) in [5.74, 6) is 0.438. The van der Waals surface area contributed by atoms with Crippen molar-refractivity contribution in [2.45, 2.75) is 57.3 Å². The minimum absolute atomic E-state index is 0.0215. The molecule has 0 spiro atoms. The zero-order valence-electron chi connectivity index (χ0n) is 17.4. The van der Waals surface area contributed by atoms with Crippen LogP contribution in [0, 0.1) is 5.92 Å². The fraction of sp³-hybridized carbons (Fsp3) is 0.650. The van der Waals surface area contributed by atoms with E-state index in [0.717, 1.165) is 4.68 Å². The maximum Gasteiger partial charge on any atom is 0.410 e. The molecule has 0 unspecified atom stereocenters. The van der Waals surface area contributed by atoms with Crippen molar-refractivity contribution in [3.8, 4) is 0 Å². The number of nitrogens with one attached hydrogen (secondary N) is 1. The Morgan fingerprint density at radius 3 is 2.50 bits per heavy atom. The summed E-state index contributed by atoms with van der Waals surface area (Å²) in [6.45, 7) is 4.92. The summed E-state index contributed by atoms with van der Waals surface area (Å²) in [6, 6.07) is 1.59. The van der Waals surface area contributed by atoms with Crippen LogP contribution in [-0.2, 0) is 7.05 Å². The van der Waals surface area contributed by atoms with E-state index in [2.05, 4.69) is 15.5 Å². The van der Waals surface area contributed by atoms with Gasteiger partial charge in [0.15, 0.2) is 6.04 Å². The van der Waals surface area contributed by atoms with Crippen molar-refractivity contribution in [3.05, 3.63) is 29.7 Å². The fourth-order valence-corrected chi connectivity index (χ4v) is 4.33. The maximum absolute atomic E-state index is 13.7. The number of rotatable bonds is 3. The Bertz CT molecular complexity index is 910. The molecule has 4 heterocycles. The number of amides is 1. The predicted octanol–water partition coefficient (Wildman–Crippen LogP) is 3.58. The molecule has 2 atom stereocenters. The third-order valence-electron chi connectivity index (χ3n) is 6.18. The Balaban J connectivity index is 1.48. The van der Waals surface area contributed by atoms with Crippen molar-refractivity contribution in [2.24, 2.45) is 13.0 Å². The summed E-state index contributed by atoms with van der Waals surface area (Å²) >= 11 is 0. The molecule has 10 heteroatoms. The number of piperidine rings is 1. The van der Waals surface area contributed by atoms with Gasteiger partial charge in [-0.15, -0.1) is 0 Å². The molecule has 30 heavy (non-hydrogen) atoms. The van der Waals surface area contributed by atoms with Gasteiger partial charge in [0.05, 0.1) is 5.69 Å². The molecule has 1 saturated heterocycles. The number of hydrogen-bond donors (Lipinski definition) is 1. The van der Waals surface area contributed by atoms with Crippen LogP contribution in [0.3, 0.4) is 0 Å². The average molecular weight is 424 g/mol. The Morgan fingerprint density at radius 2 is 1.93 bits per heavy atom. The molecule has 0 saturated carbocycles. The second-order valence-electron chi connectivity index (χ2n) is 8.63. The first-order valence-electron chi connectivity index (χ1n) is 10.3. The first-order valence-corrected chi connectivity index (χ1v) is 10.3. The molecule has 0 aliphatic carbocycles. The number of fused-ring (bicyclic) bond motifs is 1. The highest BCUT2D eigenvalue weighted by atomic mass is 19.4. The van der Waals surface area contributed by atoms with Crippen molar-refractivity contribution in [2.75, 3.05) is 18.4 Å². The van der Waals surface area contributed by atoms with Gasteiger partial charge in [-0.2, -0.15) is 23.4 Å². The molecule has 0 aromatic carbocycles. The van der Waals surface area contributed by atoms with Gasteiger partial charge in [0.2, 0.25) is 0 Å². The van der Waals surface area contributed by atoms with E-state index in [0.29, 0.717) is 43.1 Å². The highest BCUT2D eigenvalue weighted by Crippen LogP contribution is 2.42. The van der Waals surface area contributed by atoms with E-state index in [1.54, 1.807) is 35.0 Å². The number of anilines is 1. The normalized spacial score (nSPS) is 22.8. The molecule has 4 rings (SSSR count). The zero-order valence-corrected chi connectivity index (χ0v) is 17.4. The molecular weight excluding hydrogens is 397 g/mol. The monoisotopic (exact) mass is 424 g/mol. The Morgan fingerprint density at radius 1 is 1.23 bits per heavy atom. The number of aromatic nitrogens is 4. The van der Waals surface area contributed by atoms with Crippen LogP contribution in [0.2, 0.25) is 0 Å². The van der Waals surface area contributed by atoms with Gasteiger partial charge in [-0.25, -0.2) is 4.68 Å². The van der Waals surface area contributed by atoms with E-state index in [4.69, 9.17) is 0 Å². The smallest absolute Gasteiger partial charge is 0.367 e. The van der Waals surface area contributed by atoms with Crippen molar-refractivity contribution in [3.63, 3.8) is 0 Å². The van der Waals surface area contributed by atoms with Crippen LogP contribution in [0.15, 0.2) is 18.3 Å². The number of carbonyl (C=O) groups excluding carboxylic acids is 1. The molecule has 1 N–H and O–H groups in total. The third kappa shape index (κ3) is 3.91. The van der Waals surface area contributed by atoms with Gasteiger partial charge in [0.1, 0.15) is 11.5 Å². The van der Waals surface area contributed by atoms with Crippen molar-refractivity contribution in [1.29, 1.82) is 0 Å². The number of alkyl halides is 3. The summed E-state index contributed by atoms with van der Waals surface area (Å²) in [5.41, 5.74) is 1.08. The SMILES string of the molecule is CC(C)[C@@H]1C[C@H](C(F)(F)F)n2nc(C3CCN(C(=O)c4ccn(C)n4)CC3)cc2N1. The summed E-state index contributed by atoms with van der Waals surface area (Å²) in [4.78, 5) is 14.3. The topological polar surface area (TPSA) is 68.0 Å². The van der Waals surface area contributed by atoms with Gasteiger partial charge in [-0.1, -0.05) is 13.8 Å². The predicted molar refractivity (Wildman–Crippen MR) is 105 cm³/mol. The number of halogens is 3. The van der Waals surface area contributed by atoms with Gasteiger partial charge in [0, 0.05) is 44.4 Å². The highest BCUT2D eigenvalue weighted by molar-refractivity contribution is 5.92. The number of aryl methyl sites for hydroxylation is 1. The van der Waals surface area contributed by atoms with Crippen molar-refractivity contribution < 1.29 is 18.0 Å². The van der Waals surface area contributed by atoms with E-state index in [-0.39, 0.29) is 30.2 Å². The third-order valence-corrected chi connectivity index (χ3v) is 6.18. The molecule has 0 radical (unpaired) electrons. The second kappa shape index (κ2) is 7.63. The average Bonchev–Trinajstić information content (AvgIpc) is 3.32. The molecule has 1 amide bonds. The minimum Gasteiger partial charge on any atom is -0.367 e. The number of carbonyl (C=O) groups is 1. The van der Waals surface area contributed by atoms with Crippen molar-refractivity contribution >= 4 is 11.7 Å². The van der Waals surface area contributed by atoms with E-state index in [9.17, 15) is 18.0 Å². The first kappa shape index (κ1) is 20.7. The Hall–Kier alpha value is -2.52. The first-order chi connectivity index (χ1) is 14.1. The summed E-state index contributed by atoms with van der Waals surface area (Å²) in [7, 11) is 1.76.